The van der Waals surface area contributed by atoms with Crippen LogP contribution >= 0.6 is 61.2 Å². The number of morpholine rings is 3. The van der Waals surface area contributed by atoms with Gasteiger partial charge in [-0.1, -0.05) is 98.4 Å². The van der Waals surface area contributed by atoms with Crippen LogP contribution in [0.1, 0.15) is 141 Å². The number of nitrogens with one attached hydrogen (secondary N) is 1. The topological polar surface area (TPSA) is 255 Å². The number of Topliss-reactive ketones (excluding diaryl/α,β-unsaturated/α-hetero) is 2. The average molecular weight is 1850 g/mol. The molecule has 6 aromatic rings. The van der Waals surface area contributed by atoms with Gasteiger partial charge in [0.05, 0.1) is 83.2 Å². The van der Waals surface area contributed by atoms with E-state index < -0.39 is 35.8 Å². The van der Waals surface area contributed by atoms with Crippen molar-refractivity contribution >= 4 is 114 Å². The first-order valence-electron chi connectivity index (χ1n) is 34.7. The second kappa shape index (κ2) is 41.4. The fourth-order valence-electron chi connectivity index (χ4n) is 13.7. The summed E-state index contributed by atoms with van der Waals surface area (Å²) in [5.41, 5.74) is 10.9. The molecule has 8 aliphatic heterocycles. The van der Waals surface area contributed by atoms with Gasteiger partial charge in [0.15, 0.2) is 5.78 Å². The van der Waals surface area contributed by atoms with Crippen LogP contribution in [0.5, 0.6) is 17.2 Å². The second-order valence-corrected chi connectivity index (χ2v) is 26.4. The number of hydrogen-bond acceptors (Lipinski definition) is 18. The van der Waals surface area contributed by atoms with Crippen LogP contribution in [0.25, 0.3) is 5.32 Å². The quantitative estimate of drug-likeness (QED) is 0.0489. The third-order valence-corrected chi connectivity index (χ3v) is 19.4. The standard InChI is InChI=1S/C27H32N2O5.2C25H27N3O5.CH4.I2.HI.Y/c1-19(30)6-11-25(20(2)31)29-17-24-23(27(29)32)4-3-5-26(24)34-18-22-9-7-21(8-10-22)16-28-12-14-33-15-13-28;2*29-23-9-8-21(24(30)26-23)28-15-20-19(25(28)31)2-1-3-22(20)33-16-18-6-4-17(5-7-18)14-27-10-12-32-13-11-27;;1-2;;/h3-5,7-10,25H,6,11-18H2,1-2H3;2*1-7,21H,8-16H2,(H,26,29,30);1H4;;1H;/p-1. The molecule has 1 radical (unpaired) electrons. The van der Waals surface area contributed by atoms with Crippen LogP contribution in [0.2, 0.25) is 0 Å². The zero-order valence-corrected chi connectivity index (χ0v) is 67.9. The van der Waals surface area contributed by atoms with Gasteiger partial charge in [-0.15, -0.1) is 24.0 Å². The van der Waals surface area contributed by atoms with Crippen molar-refractivity contribution in [2.45, 2.75) is 137 Å². The summed E-state index contributed by atoms with van der Waals surface area (Å²) in [5.74, 6) is -0.415. The molecule has 0 spiro atoms. The maximum atomic E-state index is 13.0. The van der Waals surface area contributed by atoms with E-state index in [0.717, 1.165) is 132 Å². The van der Waals surface area contributed by atoms with Crippen molar-refractivity contribution in [2.75, 3.05) is 78.9 Å². The van der Waals surface area contributed by atoms with Crippen LogP contribution in [-0.2, 0) is 135 Å². The molecule has 0 aliphatic carbocycles. The zero-order valence-electron chi connectivity index (χ0n) is 58.4. The summed E-state index contributed by atoms with van der Waals surface area (Å²) in [5, 5.41) is 5.87. The van der Waals surface area contributed by atoms with E-state index >= 15 is 0 Å². The van der Waals surface area contributed by atoms with Crippen LogP contribution in [0.4, 0.5) is 0 Å². The number of hydrogen-bond donors (Lipinski definition) is 1. The number of nitrogens with zero attached hydrogens (tertiary/aromatic N) is 7. The summed E-state index contributed by atoms with van der Waals surface area (Å²) >= 11 is 4.24. The van der Waals surface area contributed by atoms with E-state index in [1.165, 1.54) is 35.4 Å². The van der Waals surface area contributed by atoms with Crippen molar-refractivity contribution in [2.24, 2.45) is 0 Å². The smallest absolute Gasteiger partial charge is 0.255 e. The first-order valence-corrected chi connectivity index (χ1v) is 40.9. The van der Waals surface area contributed by atoms with Crippen molar-refractivity contribution in [3.05, 3.63) is 199 Å². The fourth-order valence-corrected chi connectivity index (χ4v) is 13.7. The van der Waals surface area contributed by atoms with E-state index in [1.54, 1.807) is 46.2 Å². The third-order valence-electron chi connectivity index (χ3n) is 19.4. The number of rotatable bonds is 22. The Bertz CT molecular complexity index is 3840. The molecule has 23 nitrogen and oxygen atoms in total. The molecule has 0 aromatic heterocycles. The normalized spacial score (nSPS) is 18.8. The van der Waals surface area contributed by atoms with Crippen LogP contribution in [0, 0.1) is 0 Å². The number of ether oxygens (including phenoxy) is 6. The van der Waals surface area contributed by atoms with E-state index in [0.29, 0.717) is 86.1 Å². The molecule has 14 rings (SSSR count). The van der Waals surface area contributed by atoms with Crippen LogP contribution in [0.3, 0.4) is 0 Å². The molecular formula is C78H90I3N8O15Y-. The van der Waals surface area contributed by atoms with Crippen LogP contribution < -0.4 is 19.5 Å². The van der Waals surface area contributed by atoms with Gasteiger partial charge >= 0.3 is 0 Å². The molecule has 105 heavy (non-hydrogen) atoms. The summed E-state index contributed by atoms with van der Waals surface area (Å²) in [6.07, 6.45) is 1.70. The monoisotopic (exact) mass is 1850 g/mol. The average Bonchev–Trinajstić information content (AvgIpc) is 1.64. The van der Waals surface area contributed by atoms with Gasteiger partial charge in [-0.3, -0.25) is 48.8 Å². The van der Waals surface area contributed by atoms with Gasteiger partial charge in [-0.25, -0.2) is 0 Å². The molecule has 6 aromatic carbocycles. The third kappa shape index (κ3) is 22.5. The number of piperidine rings is 2. The Labute approximate surface area is 679 Å². The number of carbonyl (C=O) groups is 9. The number of amides is 7. The minimum atomic E-state index is -0.686. The van der Waals surface area contributed by atoms with E-state index in [9.17, 15) is 43.2 Å². The Morgan fingerprint density at radius 3 is 1.24 bits per heavy atom. The van der Waals surface area contributed by atoms with Gasteiger partial charge in [0.2, 0.25) is 11.8 Å². The maximum absolute atomic E-state index is 13.0. The minimum Gasteiger partial charge on any atom is -0.594 e. The predicted octanol–water partition coefficient (Wildman–Crippen LogP) is 10.9. The summed E-state index contributed by atoms with van der Waals surface area (Å²) in [6, 6.07) is 39.5. The van der Waals surface area contributed by atoms with Crippen molar-refractivity contribution in [3.63, 3.8) is 0 Å². The van der Waals surface area contributed by atoms with Crippen LogP contribution in [-0.4, -0.2) is 179 Å². The molecule has 8 aliphatic rings. The van der Waals surface area contributed by atoms with Crippen molar-refractivity contribution in [1.82, 2.24) is 34.7 Å². The Balaban J connectivity index is 0.000000194. The zero-order chi connectivity index (χ0) is 71.7. The molecule has 27 heteroatoms. The molecule has 7 amide bonds. The largest absolute Gasteiger partial charge is 0.594 e. The molecule has 3 unspecified atom stereocenters. The molecule has 1 N–H and O–H groups in total. The van der Waals surface area contributed by atoms with Crippen molar-refractivity contribution in [1.29, 1.82) is 0 Å². The Morgan fingerprint density at radius 1 is 0.505 bits per heavy atom. The summed E-state index contributed by atoms with van der Waals surface area (Å²) in [6.45, 7) is 18.2. The van der Waals surface area contributed by atoms with Gasteiger partial charge in [-0.05, 0) is 109 Å². The van der Waals surface area contributed by atoms with Gasteiger partial charge < -0.3 is 62.8 Å². The maximum Gasteiger partial charge on any atom is 0.255 e. The Hall–Kier alpha value is -6.20. The second-order valence-electron chi connectivity index (χ2n) is 26.4. The minimum absolute atomic E-state index is 0. The van der Waals surface area contributed by atoms with Gasteiger partial charge in [0.25, 0.3) is 17.7 Å². The molecule has 557 valence electrons. The van der Waals surface area contributed by atoms with Crippen molar-refractivity contribution < 1.29 is 104 Å². The molecule has 5 fully saturated rings. The first-order chi connectivity index (χ1) is 49.6. The Morgan fingerprint density at radius 2 is 0.867 bits per heavy atom. The Kier molecular flexibility index (Phi) is 33.3. The van der Waals surface area contributed by atoms with E-state index in [-0.39, 0.29) is 125 Å². The fraction of sp³-hybridized carbons (Fsp3) is 0.423. The first kappa shape index (κ1) is 84.4. The van der Waals surface area contributed by atoms with Gasteiger partial charge in [0.1, 0.15) is 48.9 Å². The van der Waals surface area contributed by atoms with Gasteiger partial charge in [0, 0.05) is 175 Å². The molecule has 0 saturated carbocycles. The van der Waals surface area contributed by atoms with E-state index in [2.05, 4.69) is 135 Å². The summed E-state index contributed by atoms with van der Waals surface area (Å²) in [7, 11) is 0. The van der Waals surface area contributed by atoms with E-state index in [1.807, 2.05) is 18.2 Å². The molecule has 3 atom stereocenters. The summed E-state index contributed by atoms with van der Waals surface area (Å²) < 4.78 is 34.5. The number of ketones is 2. The van der Waals surface area contributed by atoms with Gasteiger partial charge in [-0.2, -0.15) is 0 Å². The number of imide groups is 2. The number of halogens is 3. The summed E-state index contributed by atoms with van der Waals surface area (Å²) in [4.78, 5) is 122. The number of fused-ring (bicyclic) bond motifs is 3. The van der Waals surface area contributed by atoms with Crippen LogP contribution in [0.15, 0.2) is 127 Å². The number of benzene rings is 6. The number of carbonyl (C=O) groups excluding carboxylic acids is 9. The van der Waals surface area contributed by atoms with E-state index in [4.69, 9.17) is 28.4 Å². The van der Waals surface area contributed by atoms with Crippen molar-refractivity contribution in [3.8, 4) is 17.2 Å². The molecule has 8 heterocycles. The predicted molar refractivity (Wildman–Crippen MR) is 417 cm³/mol. The molecule has 5 saturated heterocycles. The molecule has 0 bridgehead atoms. The molecular weight excluding hydrogens is 1760 g/mol. The SMILES string of the molecule is C.CC(=O)CCC(C(C)=O)N1Cc2c(OCc3ccc(CN4CCOCC4)cc3)cccc2C1=O.I.II.O=C1CCC(N2Cc3c(OCc4ccc(CN5CCOCC5)cc4)cccc3C2=O)C(=O)N1.O=C1CCC(N2Cc3c(OCc4ccc(CN5CCOCC5)cc4)cccc3C2=O)C(=O)[N-]1.[Y].